The van der Waals surface area contributed by atoms with Crippen LogP contribution in [0.25, 0.3) is 0 Å². The monoisotopic (exact) mass is 264 g/mol. The third-order valence-corrected chi connectivity index (χ3v) is 4.58. The van der Waals surface area contributed by atoms with Gasteiger partial charge in [-0.2, -0.15) is 0 Å². The topological polar surface area (TPSA) is 15.3 Å². The van der Waals surface area contributed by atoms with Gasteiger partial charge in [0.05, 0.1) is 5.69 Å². The normalized spacial score (nSPS) is 24.3. The van der Waals surface area contributed by atoms with E-state index in [0.29, 0.717) is 12.0 Å². The first-order valence-electron chi connectivity index (χ1n) is 6.87. The number of para-hydroxylation sites is 1. The smallest absolute Gasteiger partial charge is 0.0504 e. The molecule has 0 radical (unpaired) electrons. The Morgan fingerprint density at radius 1 is 1.39 bits per heavy atom. The second kappa shape index (κ2) is 6.48. The number of nitrogens with one attached hydrogen (secondary N) is 1. The van der Waals surface area contributed by atoms with E-state index in [0.717, 1.165) is 13.1 Å². The minimum atomic E-state index is 0.688. The van der Waals surface area contributed by atoms with Gasteiger partial charge in [-0.25, -0.2) is 0 Å². The fourth-order valence-electron chi connectivity index (χ4n) is 2.82. The van der Waals surface area contributed by atoms with Gasteiger partial charge in [-0.3, -0.25) is 0 Å². The van der Waals surface area contributed by atoms with E-state index < -0.39 is 0 Å². The van der Waals surface area contributed by atoms with Crippen LogP contribution in [0.4, 0.5) is 5.69 Å². The van der Waals surface area contributed by atoms with Crippen LogP contribution in [-0.2, 0) is 0 Å². The van der Waals surface area contributed by atoms with Crippen molar-refractivity contribution in [3.05, 3.63) is 24.3 Å². The van der Waals surface area contributed by atoms with Crippen molar-refractivity contribution in [2.45, 2.75) is 31.2 Å². The molecule has 1 aliphatic heterocycles. The number of nitrogens with zero attached hydrogens (tertiary/aromatic N) is 1. The van der Waals surface area contributed by atoms with Crippen LogP contribution in [0.5, 0.6) is 0 Å². The first kappa shape index (κ1) is 13.8. The molecule has 2 atom stereocenters. The molecule has 1 aromatic carbocycles. The minimum absolute atomic E-state index is 0.688. The molecule has 1 fully saturated rings. The molecule has 1 N–H and O–H groups in total. The summed E-state index contributed by atoms with van der Waals surface area (Å²) < 4.78 is 0. The van der Waals surface area contributed by atoms with Crippen molar-refractivity contribution in [3.8, 4) is 0 Å². The molecular formula is C15H24N2S. The highest BCUT2D eigenvalue weighted by Gasteiger charge is 2.26. The van der Waals surface area contributed by atoms with E-state index in [-0.39, 0.29) is 0 Å². The van der Waals surface area contributed by atoms with Crippen molar-refractivity contribution < 1.29 is 0 Å². The van der Waals surface area contributed by atoms with Crippen LogP contribution in [0.1, 0.15) is 20.3 Å². The summed E-state index contributed by atoms with van der Waals surface area (Å²) in [5, 5.41) is 3.60. The Bertz CT molecular complexity index is 381. The Balaban J connectivity index is 2.07. The maximum absolute atomic E-state index is 3.60. The Labute approximate surface area is 115 Å². The third kappa shape index (κ3) is 3.01. The van der Waals surface area contributed by atoms with Gasteiger partial charge in [0.25, 0.3) is 0 Å². The number of rotatable bonds is 4. The van der Waals surface area contributed by atoms with Crippen LogP contribution < -0.4 is 10.2 Å². The lowest BCUT2D eigenvalue weighted by molar-refractivity contribution is 0.326. The standard InChI is InChI=1S/C15H24N2S/c1-4-16-13-9-10-17(11-12(13)2)14-7-5-6-8-15(14)18-3/h5-8,12-13,16H,4,9-11H2,1-3H3. The number of thioether (sulfide) groups is 1. The molecule has 18 heavy (non-hydrogen) atoms. The molecule has 100 valence electrons. The molecule has 1 aliphatic rings. The van der Waals surface area contributed by atoms with Crippen molar-refractivity contribution >= 4 is 17.4 Å². The highest BCUT2D eigenvalue weighted by molar-refractivity contribution is 7.98. The van der Waals surface area contributed by atoms with Gasteiger partial charge in [0.1, 0.15) is 0 Å². The van der Waals surface area contributed by atoms with Crippen molar-refractivity contribution in [1.82, 2.24) is 5.32 Å². The summed E-state index contributed by atoms with van der Waals surface area (Å²) in [6, 6.07) is 9.45. The van der Waals surface area contributed by atoms with E-state index in [2.05, 4.69) is 54.6 Å². The zero-order chi connectivity index (χ0) is 13.0. The molecule has 1 aromatic rings. The molecule has 0 saturated carbocycles. The van der Waals surface area contributed by atoms with Crippen molar-refractivity contribution in [2.24, 2.45) is 5.92 Å². The van der Waals surface area contributed by atoms with Crippen LogP contribution in [0.2, 0.25) is 0 Å². The highest BCUT2D eigenvalue weighted by atomic mass is 32.2. The lowest BCUT2D eigenvalue weighted by Gasteiger charge is -2.39. The van der Waals surface area contributed by atoms with Crippen LogP contribution in [-0.4, -0.2) is 31.9 Å². The summed E-state index contributed by atoms with van der Waals surface area (Å²) in [7, 11) is 0. The van der Waals surface area contributed by atoms with Gasteiger partial charge in [0.15, 0.2) is 0 Å². The summed E-state index contributed by atoms with van der Waals surface area (Å²) in [5.41, 5.74) is 1.41. The molecule has 2 nitrogen and oxygen atoms in total. The fourth-order valence-corrected chi connectivity index (χ4v) is 3.44. The minimum Gasteiger partial charge on any atom is -0.370 e. The third-order valence-electron chi connectivity index (χ3n) is 3.80. The maximum atomic E-state index is 3.60. The summed E-state index contributed by atoms with van der Waals surface area (Å²) >= 11 is 1.84. The summed E-state index contributed by atoms with van der Waals surface area (Å²) in [4.78, 5) is 3.94. The summed E-state index contributed by atoms with van der Waals surface area (Å²) in [6.45, 7) is 7.97. The zero-order valence-corrected chi connectivity index (χ0v) is 12.5. The maximum Gasteiger partial charge on any atom is 0.0504 e. The zero-order valence-electron chi connectivity index (χ0n) is 11.6. The Kier molecular flexibility index (Phi) is 4.95. The van der Waals surface area contributed by atoms with E-state index in [4.69, 9.17) is 0 Å². The predicted octanol–water partition coefficient (Wildman–Crippen LogP) is 3.23. The van der Waals surface area contributed by atoms with Gasteiger partial charge < -0.3 is 10.2 Å². The highest BCUT2D eigenvalue weighted by Crippen LogP contribution is 2.31. The fraction of sp³-hybridized carbons (Fsp3) is 0.600. The summed E-state index contributed by atoms with van der Waals surface area (Å²) in [5.74, 6) is 0.716. The first-order valence-corrected chi connectivity index (χ1v) is 8.10. The molecule has 3 heteroatoms. The van der Waals surface area contributed by atoms with E-state index in [1.54, 1.807) is 0 Å². The van der Waals surface area contributed by atoms with Gasteiger partial charge in [-0.05, 0) is 37.3 Å². The van der Waals surface area contributed by atoms with Crippen molar-refractivity contribution in [3.63, 3.8) is 0 Å². The number of hydrogen-bond acceptors (Lipinski definition) is 3. The lowest BCUT2D eigenvalue weighted by Crippen LogP contribution is -2.48. The lowest BCUT2D eigenvalue weighted by atomic mass is 9.93. The molecule has 0 aromatic heterocycles. The molecule has 0 aliphatic carbocycles. The largest absolute Gasteiger partial charge is 0.370 e. The molecule has 2 unspecified atom stereocenters. The number of piperidine rings is 1. The van der Waals surface area contributed by atoms with Crippen LogP contribution >= 0.6 is 11.8 Å². The average molecular weight is 264 g/mol. The molecule has 2 rings (SSSR count). The van der Waals surface area contributed by atoms with Gasteiger partial charge in [-0.15, -0.1) is 11.8 Å². The van der Waals surface area contributed by atoms with Crippen molar-refractivity contribution in [2.75, 3.05) is 30.8 Å². The number of hydrogen-bond donors (Lipinski definition) is 1. The van der Waals surface area contributed by atoms with Gasteiger partial charge in [0, 0.05) is 24.0 Å². The first-order chi connectivity index (χ1) is 8.76. The Hall–Kier alpha value is -0.670. The molecule has 0 spiro atoms. The van der Waals surface area contributed by atoms with Crippen LogP contribution in [0.3, 0.4) is 0 Å². The number of benzene rings is 1. The van der Waals surface area contributed by atoms with Crippen LogP contribution in [0.15, 0.2) is 29.2 Å². The van der Waals surface area contributed by atoms with E-state index in [1.807, 2.05) is 11.8 Å². The van der Waals surface area contributed by atoms with E-state index in [1.165, 1.54) is 23.5 Å². The predicted molar refractivity (Wildman–Crippen MR) is 81.7 cm³/mol. The Morgan fingerprint density at radius 2 is 2.17 bits per heavy atom. The number of anilines is 1. The summed E-state index contributed by atoms with van der Waals surface area (Å²) in [6.07, 6.45) is 3.41. The average Bonchev–Trinajstić information content (AvgIpc) is 2.41. The molecule has 1 heterocycles. The molecule has 0 bridgehead atoms. The van der Waals surface area contributed by atoms with Gasteiger partial charge in [-0.1, -0.05) is 26.0 Å². The van der Waals surface area contributed by atoms with Gasteiger partial charge in [0.2, 0.25) is 0 Å². The van der Waals surface area contributed by atoms with E-state index >= 15 is 0 Å². The molecular weight excluding hydrogens is 240 g/mol. The van der Waals surface area contributed by atoms with E-state index in [9.17, 15) is 0 Å². The van der Waals surface area contributed by atoms with Crippen molar-refractivity contribution in [1.29, 1.82) is 0 Å². The Morgan fingerprint density at radius 3 is 2.83 bits per heavy atom. The SMILES string of the molecule is CCNC1CCN(c2ccccc2SC)CC1C. The second-order valence-electron chi connectivity index (χ2n) is 5.05. The second-order valence-corrected chi connectivity index (χ2v) is 5.90. The van der Waals surface area contributed by atoms with Gasteiger partial charge >= 0.3 is 0 Å². The molecule has 1 saturated heterocycles. The van der Waals surface area contributed by atoms with Crippen LogP contribution in [0, 0.1) is 5.92 Å². The molecule has 0 amide bonds. The quantitative estimate of drug-likeness (QED) is 0.841.